The van der Waals surface area contributed by atoms with Crippen LogP contribution >= 0.6 is 46.0 Å². The molecule has 0 unspecified atom stereocenters. The first-order valence-electron chi connectivity index (χ1n) is 9.52. The number of thiazole rings is 2. The van der Waals surface area contributed by atoms with Gasteiger partial charge in [0.25, 0.3) is 0 Å². The van der Waals surface area contributed by atoms with Gasteiger partial charge in [-0.1, -0.05) is 53.7 Å². The molecule has 11 heteroatoms. The predicted molar refractivity (Wildman–Crippen MR) is 128 cm³/mol. The first-order chi connectivity index (χ1) is 15.8. The van der Waals surface area contributed by atoms with Crippen LogP contribution < -0.4 is 5.32 Å². The number of rotatable bonds is 7. The highest BCUT2D eigenvalue weighted by Crippen LogP contribution is 2.35. The Kier molecular flexibility index (Phi) is 7.38. The number of hydrogen-bond donors (Lipinski definition) is 1. The lowest BCUT2D eigenvalue weighted by Gasteiger charge is -2.12. The minimum Gasteiger partial charge on any atom is -0.301 e. The van der Waals surface area contributed by atoms with Gasteiger partial charge < -0.3 is 5.32 Å². The second kappa shape index (κ2) is 10.3. The fraction of sp³-hybridized carbons (Fsp3) is 0.136. The van der Waals surface area contributed by atoms with E-state index in [1.54, 1.807) is 0 Å². The molecule has 4 rings (SSSR count). The topological polar surface area (TPSA) is 54.9 Å². The first kappa shape index (κ1) is 23.7. The van der Waals surface area contributed by atoms with E-state index in [0.29, 0.717) is 10.0 Å². The van der Waals surface area contributed by atoms with E-state index in [1.165, 1.54) is 41.4 Å². The minimum atomic E-state index is -4.48. The maximum absolute atomic E-state index is 13.3. The number of anilines is 1. The number of nitrogens with zero attached hydrogens (tertiary/aromatic N) is 2. The van der Waals surface area contributed by atoms with Crippen molar-refractivity contribution in [3.8, 4) is 11.3 Å². The molecule has 0 aliphatic carbocycles. The molecule has 33 heavy (non-hydrogen) atoms. The van der Waals surface area contributed by atoms with Crippen LogP contribution in [0.4, 0.5) is 18.3 Å². The summed E-state index contributed by atoms with van der Waals surface area (Å²) in [7, 11) is 0. The standard InChI is InChI=1S/C22H15ClF3N3OS3/c23-15-6-7-17(22(24,25)26)14(8-15)9-16-10-27-20(33-16)29-19(30)12-32-21-28-18(11-31-21)13-4-2-1-3-5-13/h1-8,10-11H,9,12H2,(H,27,29,30). The van der Waals surface area contributed by atoms with Gasteiger partial charge in [0.1, 0.15) is 0 Å². The molecule has 0 aliphatic rings. The van der Waals surface area contributed by atoms with Crippen molar-refractivity contribution in [2.45, 2.75) is 16.9 Å². The van der Waals surface area contributed by atoms with E-state index in [0.717, 1.165) is 33.0 Å². The molecule has 0 atom stereocenters. The quantitative estimate of drug-likeness (QED) is 0.258. The molecule has 0 saturated heterocycles. The normalized spacial score (nSPS) is 11.5. The van der Waals surface area contributed by atoms with Gasteiger partial charge in [0.05, 0.1) is 17.0 Å². The van der Waals surface area contributed by atoms with E-state index in [1.807, 2.05) is 35.7 Å². The summed E-state index contributed by atoms with van der Waals surface area (Å²) in [6, 6.07) is 13.2. The van der Waals surface area contributed by atoms with Crippen LogP contribution in [0.5, 0.6) is 0 Å². The molecule has 1 N–H and O–H groups in total. The van der Waals surface area contributed by atoms with Crippen molar-refractivity contribution in [2.75, 3.05) is 11.1 Å². The van der Waals surface area contributed by atoms with Crippen LogP contribution in [0.25, 0.3) is 11.3 Å². The number of halogens is 4. The highest BCUT2D eigenvalue weighted by atomic mass is 35.5. The fourth-order valence-electron chi connectivity index (χ4n) is 2.97. The fourth-order valence-corrected chi connectivity index (χ4v) is 5.65. The zero-order chi connectivity index (χ0) is 23.4. The van der Waals surface area contributed by atoms with E-state index < -0.39 is 11.7 Å². The van der Waals surface area contributed by atoms with Gasteiger partial charge in [-0.2, -0.15) is 13.2 Å². The summed E-state index contributed by atoms with van der Waals surface area (Å²) in [5.74, 6) is -0.125. The number of nitrogens with one attached hydrogen (secondary N) is 1. The molecular weight excluding hydrogens is 511 g/mol. The van der Waals surface area contributed by atoms with Crippen LogP contribution in [0.15, 0.2) is 64.4 Å². The van der Waals surface area contributed by atoms with Crippen LogP contribution in [-0.4, -0.2) is 21.6 Å². The Balaban J connectivity index is 1.34. The Morgan fingerprint density at radius 2 is 1.94 bits per heavy atom. The third-order valence-electron chi connectivity index (χ3n) is 4.42. The number of hydrogen-bond acceptors (Lipinski definition) is 6. The number of benzene rings is 2. The van der Waals surface area contributed by atoms with E-state index >= 15 is 0 Å². The maximum Gasteiger partial charge on any atom is 0.416 e. The van der Waals surface area contributed by atoms with E-state index in [9.17, 15) is 18.0 Å². The van der Waals surface area contributed by atoms with Gasteiger partial charge in [0.2, 0.25) is 5.91 Å². The molecule has 1 amide bonds. The van der Waals surface area contributed by atoms with Crippen LogP contribution in [-0.2, 0) is 17.4 Å². The average molecular weight is 526 g/mol. The second-order valence-corrected chi connectivity index (χ2v) is 10.4. The number of alkyl halides is 3. The zero-order valence-corrected chi connectivity index (χ0v) is 19.9. The van der Waals surface area contributed by atoms with E-state index in [4.69, 9.17) is 11.6 Å². The lowest BCUT2D eigenvalue weighted by Crippen LogP contribution is -2.13. The van der Waals surface area contributed by atoms with Gasteiger partial charge in [-0.05, 0) is 23.8 Å². The lowest BCUT2D eigenvalue weighted by atomic mass is 10.0. The molecule has 0 saturated carbocycles. The largest absolute Gasteiger partial charge is 0.416 e. The van der Waals surface area contributed by atoms with Crippen molar-refractivity contribution in [1.82, 2.24) is 9.97 Å². The molecule has 0 bridgehead atoms. The second-order valence-electron chi connectivity index (χ2n) is 6.81. The molecule has 0 radical (unpaired) electrons. The molecule has 0 fully saturated rings. The van der Waals surface area contributed by atoms with Gasteiger partial charge in [0, 0.05) is 33.5 Å². The molecule has 0 spiro atoms. The summed E-state index contributed by atoms with van der Waals surface area (Å²) in [6.07, 6.45) is -3.00. The Bertz CT molecular complexity index is 1260. The van der Waals surface area contributed by atoms with Crippen molar-refractivity contribution in [3.05, 3.63) is 81.1 Å². The van der Waals surface area contributed by atoms with Crippen molar-refractivity contribution >= 4 is 57.1 Å². The van der Waals surface area contributed by atoms with Crippen LogP contribution in [0.1, 0.15) is 16.0 Å². The summed E-state index contributed by atoms with van der Waals surface area (Å²) < 4.78 is 40.6. The molecule has 4 nitrogen and oxygen atoms in total. The van der Waals surface area contributed by atoms with Gasteiger partial charge in [-0.3, -0.25) is 4.79 Å². The number of carbonyl (C=O) groups is 1. The zero-order valence-electron chi connectivity index (χ0n) is 16.7. The van der Waals surface area contributed by atoms with E-state index in [2.05, 4.69) is 15.3 Å². The predicted octanol–water partition coefficient (Wildman–Crippen LogP) is 7.26. The minimum absolute atomic E-state index is 0.0130. The average Bonchev–Trinajstić information content (AvgIpc) is 3.42. The Hall–Kier alpha value is -2.40. The molecule has 170 valence electrons. The highest BCUT2D eigenvalue weighted by Gasteiger charge is 2.33. The van der Waals surface area contributed by atoms with Crippen molar-refractivity contribution in [1.29, 1.82) is 0 Å². The van der Waals surface area contributed by atoms with Gasteiger partial charge in [-0.15, -0.1) is 22.7 Å². The van der Waals surface area contributed by atoms with Crippen LogP contribution in [0, 0.1) is 0 Å². The maximum atomic E-state index is 13.3. The van der Waals surface area contributed by atoms with Gasteiger partial charge >= 0.3 is 6.18 Å². The Morgan fingerprint density at radius 3 is 2.70 bits per heavy atom. The lowest BCUT2D eigenvalue weighted by molar-refractivity contribution is -0.138. The van der Waals surface area contributed by atoms with Crippen LogP contribution in [0.3, 0.4) is 0 Å². The third-order valence-corrected chi connectivity index (χ3v) is 7.59. The number of carbonyl (C=O) groups excluding carboxylic acids is 1. The Morgan fingerprint density at radius 1 is 1.15 bits per heavy atom. The third kappa shape index (κ3) is 6.35. The SMILES string of the molecule is O=C(CSc1nc(-c2ccccc2)cs1)Nc1ncc(Cc2cc(Cl)ccc2C(F)(F)F)s1. The number of amides is 1. The number of aromatic nitrogens is 2. The molecule has 2 aromatic carbocycles. The van der Waals surface area contributed by atoms with Gasteiger partial charge in [0.15, 0.2) is 9.47 Å². The van der Waals surface area contributed by atoms with Crippen molar-refractivity contribution < 1.29 is 18.0 Å². The van der Waals surface area contributed by atoms with Crippen LogP contribution in [0.2, 0.25) is 5.02 Å². The summed E-state index contributed by atoms with van der Waals surface area (Å²) in [6.45, 7) is 0. The molecule has 2 heterocycles. The monoisotopic (exact) mass is 525 g/mol. The molecule has 2 aromatic heterocycles. The van der Waals surface area contributed by atoms with Gasteiger partial charge in [-0.25, -0.2) is 9.97 Å². The van der Waals surface area contributed by atoms with E-state index in [-0.39, 0.29) is 28.7 Å². The summed E-state index contributed by atoms with van der Waals surface area (Å²) >= 11 is 9.78. The summed E-state index contributed by atoms with van der Waals surface area (Å²) in [5, 5.41) is 5.18. The van der Waals surface area contributed by atoms with Crippen molar-refractivity contribution in [2.24, 2.45) is 0 Å². The summed E-state index contributed by atoms with van der Waals surface area (Å²) in [5.41, 5.74) is 1.19. The van der Waals surface area contributed by atoms with Crippen molar-refractivity contribution in [3.63, 3.8) is 0 Å². The number of thioether (sulfide) groups is 1. The highest BCUT2D eigenvalue weighted by molar-refractivity contribution is 8.01. The smallest absolute Gasteiger partial charge is 0.301 e. The first-order valence-corrected chi connectivity index (χ1v) is 12.6. The molecular formula is C22H15ClF3N3OS3. The molecule has 4 aromatic rings. The molecule has 0 aliphatic heterocycles. The summed E-state index contributed by atoms with van der Waals surface area (Å²) in [4.78, 5) is 21.5. The Labute approximate surface area is 204 Å².